The van der Waals surface area contributed by atoms with Gasteiger partial charge in [0.1, 0.15) is 10.3 Å². The highest BCUT2D eigenvalue weighted by molar-refractivity contribution is 9.10. The third kappa shape index (κ3) is 2.87. The summed E-state index contributed by atoms with van der Waals surface area (Å²) in [5.41, 5.74) is -0.150. The van der Waals surface area contributed by atoms with E-state index in [1.807, 2.05) is 0 Å². The molecule has 6 heteroatoms. The lowest BCUT2D eigenvalue weighted by atomic mass is 9.99. The van der Waals surface area contributed by atoms with Crippen molar-refractivity contribution in [1.82, 2.24) is 14.9 Å². The lowest BCUT2D eigenvalue weighted by Crippen LogP contribution is -2.42. The van der Waals surface area contributed by atoms with Crippen LogP contribution in [0.5, 0.6) is 0 Å². The Morgan fingerprint density at radius 2 is 2.41 bits per heavy atom. The molecule has 94 valence electrons. The van der Waals surface area contributed by atoms with E-state index in [1.165, 1.54) is 6.33 Å². The summed E-state index contributed by atoms with van der Waals surface area (Å²) in [6.45, 7) is 3.29. The zero-order valence-electron chi connectivity index (χ0n) is 10.0. The van der Waals surface area contributed by atoms with Gasteiger partial charge in [0.15, 0.2) is 0 Å². The number of anilines is 1. The van der Waals surface area contributed by atoms with Crippen LogP contribution in [0.1, 0.15) is 19.8 Å². The number of nitrogens with zero attached hydrogens (tertiary/aromatic N) is 2. The average Bonchev–Trinajstić information content (AvgIpc) is 2.30. The predicted molar refractivity (Wildman–Crippen MR) is 71.3 cm³/mol. The molecule has 2 rings (SSSR count). The Morgan fingerprint density at radius 1 is 1.65 bits per heavy atom. The van der Waals surface area contributed by atoms with Gasteiger partial charge in [-0.25, -0.2) is 4.98 Å². The van der Waals surface area contributed by atoms with Gasteiger partial charge in [0, 0.05) is 18.6 Å². The Hall–Kier alpha value is -0.880. The van der Waals surface area contributed by atoms with Crippen molar-refractivity contribution in [1.29, 1.82) is 0 Å². The number of likely N-dealkylation sites (tertiary alicyclic amines) is 1. The van der Waals surface area contributed by atoms with Gasteiger partial charge in [-0.15, -0.1) is 0 Å². The molecule has 0 aromatic carbocycles. The summed E-state index contributed by atoms with van der Waals surface area (Å²) in [7, 11) is 2.14. The molecule has 1 saturated heterocycles. The lowest BCUT2D eigenvalue weighted by molar-refractivity contribution is 0.190. The Morgan fingerprint density at radius 3 is 3.12 bits per heavy atom. The Kier molecular flexibility index (Phi) is 3.83. The van der Waals surface area contributed by atoms with Gasteiger partial charge in [-0.3, -0.25) is 4.79 Å². The maximum Gasteiger partial charge on any atom is 0.267 e. The second kappa shape index (κ2) is 5.18. The first-order valence-electron chi connectivity index (χ1n) is 5.78. The molecule has 0 amide bonds. The van der Waals surface area contributed by atoms with Crippen LogP contribution in [0.15, 0.2) is 15.6 Å². The van der Waals surface area contributed by atoms with Crippen molar-refractivity contribution in [3.63, 3.8) is 0 Å². The van der Waals surface area contributed by atoms with E-state index >= 15 is 0 Å². The van der Waals surface area contributed by atoms with Crippen LogP contribution in [0.25, 0.3) is 0 Å². The lowest BCUT2D eigenvalue weighted by Gasteiger charge is -2.35. The first-order valence-corrected chi connectivity index (χ1v) is 6.57. The minimum absolute atomic E-state index is 0.150. The zero-order valence-corrected chi connectivity index (χ0v) is 11.6. The van der Waals surface area contributed by atoms with Crippen molar-refractivity contribution >= 4 is 21.7 Å². The number of hydrogen-bond donors (Lipinski definition) is 2. The molecule has 1 aliphatic heterocycles. The summed E-state index contributed by atoms with van der Waals surface area (Å²) >= 11 is 3.25. The van der Waals surface area contributed by atoms with Crippen LogP contribution in [0.3, 0.4) is 0 Å². The highest BCUT2D eigenvalue weighted by Gasteiger charge is 2.23. The highest BCUT2D eigenvalue weighted by atomic mass is 79.9. The van der Waals surface area contributed by atoms with E-state index in [1.54, 1.807) is 0 Å². The van der Waals surface area contributed by atoms with E-state index in [9.17, 15) is 4.79 Å². The van der Waals surface area contributed by atoms with Gasteiger partial charge in [0.25, 0.3) is 5.56 Å². The second-order valence-corrected chi connectivity index (χ2v) is 5.38. The maximum atomic E-state index is 11.4. The fourth-order valence-electron chi connectivity index (χ4n) is 2.10. The van der Waals surface area contributed by atoms with Crippen LogP contribution in [-0.2, 0) is 0 Å². The van der Waals surface area contributed by atoms with Gasteiger partial charge in [-0.2, -0.15) is 0 Å². The van der Waals surface area contributed by atoms with Gasteiger partial charge in [0.2, 0.25) is 0 Å². The molecule has 2 N–H and O–H groups in total. The number of hydrogen-bond acceptors (Lipinski definition) is 4. The van der Waals surface area contributed by atoms with E-state index in [4.69, 9.17) is 0 Å². The number of nitrogens with one attached hydrogen (secondary N) is 2. The molecular formula is C11H17BrN4O. The maximum absolute atomic E-state index is 11.4. The van der Waals surface area contributed by atoms with Crippen LogP contribution in [0.2, 0.25) is 0 Å². The molecule has 2 unspecified atom stereocenters. The summed E-state index contributed by atoms with van der Waals surface area (Å²) in [4.78, 5) is 20.4. The Labute approximate surface area is 109 Å². The van der Waals surface area contributed by atoms with E-state index < -0.39 is 0 Å². The molecule has 0 aliphatic carbocycles. The van der Waals surface area contributed by atoms with E-state index in [-0.39, 0.29) is 5.56 Å². The number of rotatable bonds is 2. The number of piperidine rings is 1. The molecule has 0 saturated carbocycles. The summed E-state index contributed by atoms with van der Waals surface area (Å²) < 4.78 is 0.478. The standard InChI is InChI=1S/C11H17BrN4O/c1-7-5-8(3-4-16(7)2)15-10-9(12)11(17)14-6-13-10/h6-8H,3-5H2,1-2H3,(H2,13,14,15,17). The molecule has 2 atom stereocenters. The number of aromatic amines is 1. The Bertz CT molecular complexity index is 447. The summed E-state index contributed by atoms with van der Waals surface area (Å²) in [5.74, 6) is 0.635. The van der Waals surface area contributed by atoms with Crippen LogP contribution in [0.4, 0.5) is 5.82 Å². The van der Waals surface area contributed by atoms with Crippen molar-refractivity contribution in [3.8, 4) is 0 Å². The van der Waals surface area contributed by atoms with Gasteiger partial charge >= 0.3 is 0 Å². The topological polar surface area (TPSA) is 61.0 Å². The van der Waals surface area contributed by atoms with Gasteiger partial charge < -0.3 is 15.2 Å². The van der Waals surface area contributed by atoms with E-state index in [2.05, 4.69) is 50.1 Å². The average molecular weight is 301 g/mol. The minimum atomic E-state index is -0.150. The molecule has 17 heavy (non-hydrogen) atoms. The molecule has 2 heterocycles. The second-order valence-electron chi connectivity index (χ2n) is 4.59. The fourth-order valence-corrected chi connectivity index (χ4v) is 2.43. The van der Waals surface area contributed by atoms with E-state index in [0.29, 0.717) is 22.4 Å². The third-order valence-electron chi connectivity index (χ3n) is 3.35. The first kappa shape index (κ1) is 12.6. The molecular weight excluding hydrogens is 284 g/mol. The summed E-state index contributed by atoms with van der Waals surface area (Å²) in [6, 6.07) is 0.939. The number of halogens is 1. The van der Waals surface area contributed by atoms with Crippen LogP contribution in [0, 0.1) is 0 Å². The third-order valence-corrected chi connectivity index (χ3v) is 4.08. The van der Waals surface area contributed by atoms with Crippen molar-refractivity contribution in [2.75, 3.05) is 18.9 Å². The van der Waals surface area contributed by atoms with Gasteiger partial charge in [0.05, 0.1) is 6.33 Å². The highest BCUT2D eigenvalue weighted by Crippen LogP contribution is 2.21. The number of H-pyrrole nitrogens is 1. The molecule has 0 radical (unpaired) electrons. The van der Waals surface area contributed by atoms with Gasteiger partial charge in [-0.1, -0.05) is 0 Å². The van der Waals surface area contributed by atoms with Crippen molar-refractivity contribution in [2.24, 2.45) is 0 Å². The van der Waals surface area contributed by atoms with Gasteiger partial charge in [-0.05, 0) is 42.7 Å². The minimum Gasteiger partial charge on any atom is -0.366 e. The molecule has 0 bridgehead atoms. The first-order chi connectivity index (χ1) is 8.08. The normalized spacial score (nSPS) is 25.8. The molecule has 1 aromatic heterocycles. The van der Waals surface area contributed by atoms with E-state index in [0.717, 1.165) is 19.4 Å². The SMILES string of the molecule is CC1CC(Nc2nc[nH]c(=O)c2Br)CCN1C. The Balaban J connectivity index is 2.06. The molecule has 5 nitrogen and oxygen atoms in total. The zero-order chi connectivity index (χ0) is 12.4. The molecule has 1 fully saturated rings. The number of aromatic nitrogens is 2. The van der Waals surface area contributed by atoms with Crippen molar-refractivity contribution in [3.05, 3.63) is 21.2 Å². The quantitative estimate of drug-likeness (QED) is 0.867. The molecule has 1 aromatic rings. The predicted octanol–water partition coefficient (Wildman–Crippen LogP) is 1.43. The summed E-state index contributed by atoms with van der Waals surface area (Å²) in [5, 5.41) is 3.34. The van der Waals surface area contributed by atoms with Crippen molar-refractivity contribution < 1.29 is 0 Å². The monoisotopic (exact) mass is 300 g/mol. The van der Waals surface area contributed by atoms with Crippen molar-refractivity contribution in [2.45, 2.75) is 31.8 Å². The molecule has 1 aliphatic rings. The van der Waals surface area contributed by atoms with Crippen LogP contribution < -0.4 is 10.9 Å². The van der Waals surface area contributed by atoms with Crippen LogP contribution >= 0.6 is 15.9 Å². The summed E-state index contributed by atoms with van der Waals surface area (Å²) in [6.07, 6.45) is 3.56. The smallest absolute Gasteiger partial charge is 0.267 e. The fraction of sp³-hybridized carbons (Fsp3) is 0.636. The largest absolute Gasteiger partial charge is 0.366 e. The molecule has 0 spiro atoms. The van der Waals surface area contributed by atoms with Crippen LogP contribution in [-0.4, -0.2) is 40.5 Å².